The summed E-state index contributed by atoms with van der Waals surface area (Å²) in [6.07, 6.45) is 2.39. The highest BCUT2D eigenvalue weighted by Crippen LogP contribution is 2.64. The number of phenolic OH excluding ortho intramolecular Hbond substituents is 1. The van der Waals surface area contributed by atoms with Gasteiger partial charge in [0.1, 0.15) is 5.82 Å². The van der Waals surface area contributed by atoms with Crippen LogP contribution >= 0.6 is 34.2 Å². The number of likely N-dealkylation sites (tertiary alicyclic amines) is 1. The Bertz CT molecular complexity index is 1940. The summed E-state index contributed by atoms with van der Waals surface area (Å²) in [4.78, 5) is 59.3. The summed E-state index contributed by atoms with van der Waals surface area (Å²) in [5.74, 6) is -5.59. The highest BCUT2D eigenvalue weighted by molar-refractivity contribution is 14.1. The summed E-state index contributed by atoms with van der Waals surface area (Å²) in [5.41, 5.74) is 2.91. The molecule has 3 fully saturated rings. The average Bonchev–Trinajstić information content (AvgIpc) is 3.44. The molecular weight excluding hydrogens is 764 g/mol. The zero-order valence-corrected chi connectivity index (χ0v) is 30.1. The van der Waals surface area contributed by atoms with Gasteiger partial charge in [-0.05, 0) is 122 Å². The zero-order chi connectivity index (χ0) is 35.2. The van der Waals surface area contributed by atoms with Gasteiger partial charge in [-0.15, -0.1) is 0 Å². The van der Waals surface area contributed by atoms with E-state index in [2.05, 4.69) is 5.43 Å². The number of nitrogens with one attached hydrogen (secondary N) is 1. The van der Waals surface area contributed by atoms with Crippen molar-refractivity contribution in [1.82, 2.24) is 9.91 Å². The Morgan fingerprint density at radius 1 is 0.980 bits per heavy atom. The van der Waals surface area contributed by atoms with Crippen LogP contribution in [0.1, 0.15) is 50.7 Å². The van der Waals surface area contributed by atoms with Crippen molar-refractivity contribution in [2.24, 2.45) is 23.7 Å². The second-order valence-electron chi connectivity index (χ2n) is 14.1. The maximum absolute atomic E-state index is 15.2. The molecule has 2 N–H and O–H groups in total. The number of nitrogens with zero attached hydrogens (tertiary/aromatic N) is 2. The third kappa shape index (κ3) is 4.98. The van der Waals surface area contributed by atoms with Crippen LogP contribution in [0.15, 0.2) is 72.3 Å². The van der Waals surface area contributed by atoms with E-state index in [9.17, 15) is 23.9 Å². The van der Waals surface area contributed by atoms with Crippen molar-refractivity contribution < 1.29 is 33.4 Å². The van der Waals surface area contributed by atoms with Crippen LogP contribution in [0, 0.1) is 33.1 Å². The van der Waals surface area contributed by atoms with Crippen molar-refractivity contribution in [2.45, 2.75) is 50.5 Å². The molecule has 1 saturated carbocycles. The Balaban J connectivity index is 1.49. The number of phenols is 1. The minimum atomic E-state index is -1.54. The van der Waals surface area contributed by atoms with Crippen LogP contribution in [0.2, 0.25) is 5.02 Å². The molecule has 0 aromatic heterocycles. The van der Waals surface area contributed by atoms with E-state index >= 15 is 4.79 Å². The fourth-order valence-corrected chi connectivity index (χ4v) is 9.36. The molecule has 49 heavy (non-hydrogen) atoms. The molecule has 7 rings (SSSR count). The number of methoxy groups -OCH3 is 1. The molecule has 3 aromatic carbocycles. The normalized spacial score (nSPS) is 27.9. The van der Waals surface area contributed by atoms with E-state index in [-0.39, 0.29) is 36.2 Å². The largest absolute Gasteiger partial charge is 0.504 e. The molecule has 254 valence electrons. The molecule has 0 spiro atoms. The van der Waals surface area contributed by atoms with Crippen molar-refractivity contribution >= 4 is 63.5 Å². The van der Waals surface area contributed by atoms with Gasteiger partial charge >= 0.3 is 0 Å². The van der Waals surface area contributed by atoms with Crippen LogP contribution in [-0.2, 0) is 24.6 Å². The molecule has 2 aliphatic heterocycles. The summed E-state index contributed by atoms with van der Waals surface area (Å²) in [5, 5.41) is 12.3. The number of carbonyl (C=O) groups excluding carboxylic acids is 4. The number of amides is 4. The fourth-order valence-electron chi connectivity index (χ4n) is 8.61. The van der Waals surface area contributed by atoms with Gasteiger partial charge in [0.25, 0.3) is 11.8 Å². The van der Waals surface area contributed by atoms with E-state index in [0.717, 1.165) is 10.6 Å². The number of aromatic hydroxyl groups is 1. The van der Waals surface area contributed by atoms with Crippen LogP contribution in [0.4, 0.5) is 10.1 Å². The minimum Gasteiger partial charge on any atom is -0.504 e. The number of fused-ring (bicyclic) bond motifs is 4. The monoisotopic (exact) mass is 797 g/mol. The van der Waals surface area contributed by atoms with Gasteiger partial charge in [0.05, 0.1) is 39.5 Å². The summed E-state index contributed by atoms with van der Waals surface area (Å²) in [6.45, 7) is 5.48. The van der Waals surface area contributed by atoms with Gasteiger partial charge in [-0.1, -0.05) is 35.4 Å². The van der Waals surface area contributed by atoms with E-state index < -0.39 is 58.2 Å². The lowest BCUT2D eigenvalue weighted by molar-refractivity contribution is -0.146. The number of imide groups is 2. The maximum atomic E-state index is 15.2. The van der Waals surface area contributed by atoms with Gasteiger partial charge in [0.15, 0.2) is 11.5 Å². The smallest absolute Gasteiger partial charge is 0.260 e. The number of hydrogen-bond donors (Lipinski definition) is 2. The van der Waals surface area contributed by atoms with Crippen molar-refractivity contribution in [1.29, 1.82) is 0 Å². The number of hydrogen-bond acceptors (Lipinski definition) is 7. The lowest BCUT2D eigenvalue weighted by Crippen LogP contribution is -2.53. The molecule has 0 bridgehead atoms. The summed E-state index contributed by atoms with van der Waals surface area (Å²) in [7, 11) is 1.43. The first-order valence-electron chi connectivity index (χ1n) is 16.0. The lowest BCUT2D eigenvalue weighted by Gasteiger charge is -2.50. The molecule has 2 heterocycles. The Morgan fingerprint density at radius 3 is 2.29 bits per heavy atom. The van der Waals surface area contributed by atoms with Gasteiger partial charge in [-0.3, -0.25) is 29.5 Å². The Labute approximate surface area is 301 Å². The average molecular weight is 798 g/mol. The van der Waals surface area contributed by atoms with E-state index in [0.29, 0.717) is 25.4 Å². The van der Waals surface area contributed by atoms with E-state index in [1.54, 1.807) is 36.4 Å². The first-order chi connectivity index (χ1) is 23.2. The summed E-state index contributed by atoms with van der Waals surface area (Å²) < 4.78 is 19.9. The van der Waals surface area contributed by atoms with Gasteiger partial charge in [-0.2, -0.15) is 5.01 Å². The quantitative estimate of drug-likeness (QED) is 0.170. The number of anilines is 1. The van der Waals surface area contributed by atoms with Crippen LogP contribution in [0.25, 0.3) is 0 Å². The molecule has 4 amide bonds. The third-order valence-corrected chi connectivity index (χ3v) is 11.6. The Morgan fingerprint density at radius 2 is 1.65 bits per heavy atom. The summed E-state index contributed by atoms with van der Waals surface area (Å²) in [6, 6.07) is 15.6. The molecule has 12 heteroatoms. The van der Waals surface area contributed by atoms with Gasteiger partial charge in [0.2, 0.25) is 11.8 Å². The van der Waals surface area contributed by atoms with Crippen molar-refractivity contribution in [3.05, 3.63) is 97.8 Å². The molecular formula is C37H34ClFIN3O6. The second kappa shape index (κ2) is 11.8. The molecule has 4 aliphatic rings. The fraction of sp³-hybridized carbons (Fsp3) is 0.351. The second-order valence-corrected chi connectivity index (χ2v) is 15.7. The maximum Gasteiger partial charge on any atom is 0.260 e. The highest BCUT2D eigenvalue weighted by atomic mass is 127. The molecule has 3 aromatic rings. The minimum absolute atomic E-state index is 0.0696. The predicted molar refractivity (Wildman–Crippen MR) is 188 cm³/mol. The summed E-state index contributed by atoms with van der Waals surface area (Å²) >= 11 is 8.35. The Hall–Kier alpha value is -3.97. The number of halogens is 3. The SMILES string of the molecule is COc1cc([C@H]2C3=CC[C@@H]4C(=O)N(C(C)(C)C)C(=O)[C@@H]4[C@@H]3C[C@H]3C(=O)N(Nc4ccc(F)cc4)C(=O)[C@@]23c2ccc(Cl)cc2)cc(I)c1O. The van der Waals surface area contributed by atoms with Gasteiger partial charge < -0.3 is 9.84 Å². The standard InChI is InChI=1S/C37H34ClFIN3O6/c1-36(2,3)42-32(45)24-14-13-23-25(29(24)34(42)47)17-26-33(46)43(41-22-11-9-21(39)10-12-22)35(48)37(26,19-5-7-20(38)8-6-19)30(23)18-15-27(40)31(44)28(16-18)49-4/h5-13,15-16,24-26,29-30,41,44H,14,17H2,1-4H3/t24-,25+,26-,29-,30-,37+/m0/s1. The topological polar surface area (TPSA) is 116 Å². The first-order valence-corrected chi connectivity index (χ1v) is 17.5. The molecule has 2 saturated heterocycles. The van der Waals surface area contributed by atoms with Gasteiger partial charge in [0, 0.05) is 16.5 Å². The third-order valence-electron chi connectivity index (χ3n) is 10.5. The van der Waals surface area contributed by atoms with E-state index in [1.165, 1.54) is 36.3 Å². The number of rotatable bonds is 5. The van der Waals surface area contributed by atoms with E-state index in [4.69, 9.17) is 16.3 Å². The lowest BCUT2D eigenvalue weighted by atomic mass is 9.49. The van der Waals surface area contributed by atoms with E-state index in [1.807, 2.05) is 49.4 Å². The van der Waals surface area contributed by atoms with Gasteiger partial charge in [-0.25, -0.2) is 4.39 Å². The molecule has 0 unspecified atom stereocenters. The molecule has 9 nitrogen and oxygen atoms in total. The first kappa shape index (κ1) is 33.5. The van der Waals surface area contributed by atoms with Crippen LogP contribution in [0.3, 0.4) is 0 Å². The van der Waals surface area contributed by atoms with Crippen LogP contribution < -0.4 is 10.2 Å². The highest BCUT2D eigenvalue weighted by Gasteiger charge is 2.70. The van der Waals surface area contributed by atoms with Crippen molar-refractivity contribution in [3.8, 4) is 11.5 Å². The molecule has 6 atom stereocenters. The number of allylic oxidation sites excluding steroid dienone is 2. The zero-order valence-electron chi connectivity index (χ0n) is 27.2. The number of benzene rings is 3. The predicted octanol–water partition coefficient (Wildman–Crippen LogP) is 6.58. The number of hydrazine groups is 1. The molecule has 0 radical (unpaired) electrons. The van der Waals surface area contributed by atoms with Crippen molar-refractivity contribution in [3.63, 3.8) is 0 Å². The van der Waals surface area contributed by atoms with Crippen LogP contribution in [-0.4, -0.2) is 51.3 Å². The number of carbonyl (C=O) groups is 4. The molecule has 2 aliphatic carbocycles. The van der Waals surface area contributed by atoms with Crippen LogP contribution in [0.5, 0.6) is 11.5 Å². The number of ether oxygens (including phenoxy) is 1. The van der Waals surface area contributed by atoms with Crippen molar-refractivity contribution in [2.75, 3.05) is 12.5 Å². The Kier molecular flexibility index (Phi) is 8.09.